The van der Waals surface area contributed by atoms with Crippen LogP contribution >= 0.6 is 11.8 Å². The summed E-state index contributed by atoms with van der Waals surface area (Å²) in [6.45, 7) is 5.54. The molecule has 0 radical (unpaired) electrons. The lowest BCUT2D eigenvalue weighted by Gasteiger charge is -2.11. The lowest BCUT2D eigenvalue weighted by atomic mass is 10.2. The molecule has 1 unspecified atom stereocenters. The van der Waals surface area contributed by atoms with Crippen LogP contribution in [-0.4, -0.2) is 26.6 Å². The summed E-state index contributed by atoms with van der Waals surface area (Å²) in [6.07, 6.45) is 1.56. The second-order valence-corrected chi connectivity index (χ2v) is 6.71. The Bertz CT molecular complexity index is 966. The number of rotatable bonds is 5. The number of amides is 1. The van der Waals surface area contributed by atoms with Crippen LogP contribution in [0.3, 0.4) is 0 Å². The van der Waals surface area contributed by atoms with Crippen LogP contribution in [0.4, 0.5) is 0 Å². The van der Waals surface area contributed by atoms with Gasteiger partial charge in [-0.05, 0) is 44.5 Å². The van der Waals surface area contributed by atoms with Crippen molar-refractivity contribution in [2.45, 2.75) is 32.0 Å². The van der Waals surface area contributed by atoms with Crippen molar-refractivity contribution >= 4 is 28.7 Å². The number of thioether (sulfide) groups is 1. The number of fused-ring (bicyclic) bond motifs is 1. The minimum Gasteiger partial charge on any atom is -0.467 e. The lowest BCUT2D eigenvalue weighted by molar-refractivity contribution is -0.119. The summed E-state index contributed by atoms with van der Waals surface area (Å²) in [5, 5.41) is 3.68. The molecule has 0 fully saturated rings. The molecule has 25 heavy (non-hydrogen) atoms. The Hall–Kier alpha value is -2.61. The monoisotopic (exact) mass is 358 g/mol. The highest BCUT2D eigenvalue weighted by molar-refractivity contribution is 7.99. The summed E-state index contributed by atoms with van der Waals surface area (Å²) in [5.41, 5.74) is 1.77. The lowest BCUT2D eigenvalue weighted by Crippen LogP contribution is -2.28. The van der Waals surface area contributed by atoms with Gasteiger partial charge in [0, 0.05) is 5.69 Å². The van der Waals surface area contributed by atoms with Gasteiger partial charge in [-0.25, -0.2) is 9.97 Å². The zero-order chi connectivity index (χ0) is 18.0. The van der Waals surface area contributed by atoms with Gasteiger partial charge in [-0.2, -0.15) is 0 Å². The Kier molecular flexibility index (Phi) is 4.89. The number of carbonyl (C=O) groups excluding carboxylic acids is 1. The van der Waals surface area contributed by atoms with Crippen molar-refractivity contribution in [3.63, 3.8) is 0 Å². The topological polar surface area (TPSA) is 101 Å². The number of hydrogen-bond donors (Lipinski definition) is 2. The third-order valence-electron chi connectivity index (χ3n) is 3.67. The second kappa shape index (κ2) is 7.10. The highest BCUT2D eigenvalue weighted by Crippen LogP contribution is 2.17. The first-order valence-corrected chi connectivity index (χ1v) is 8.76. The van der Waals surface area contributed by atoms with Gasteiger partial charge in [0.2, 0.25) is 5.91 Å². The molecule has 0 spiro atoms. The molecule has 3 rings (SSSR count). The molecule has 130 valence electrons. The Morgan fingerprint density at radius 1 is 1.40 bits per heavy atom. The van der Waals surface area contributed by atoms with Gasteiger partial charge in [0.15, 0.2) is 10.8 Å². The van der Waals surface area contributed by atoms with Crippen molar-refractivity contribution in [1.82, 2.24) is 20.3 Å². The summed E-state index contributed by atoms with van der Waals surface area (Å²) in [5.74, 6) is 0.639. The van der Waals surface area contributed by atoms with Crippen molar-refractivity contribution in [2.24, 2.45) is 0 Å². The van der Waals surface area contributed by atoms with Crippen molar-refractivity contribution in [3.05, 3.63) is 51.8 Å². The Balaban J connectivity index is 1.71. The molecule has 0 aliphatic rings. The maximum Gasteiger partial charge on any atom is 0.261 e. The van der Waals surface area contributed by atoms with Crippen LogP contribution in [0.1, 0.15) is 30.0 Å². The van der Waals surface area contributed by atoms with Crippen LogP contribution < -0.4 is 10.9 Å². The molecule has 0 bridgehead atoms. The predicted octanol–water partition coefficient (Wildman–Crippen LogP) is 2.50. The van der Waals surface area contributed by atoms with Crippen LogP contribution in [0.25, 0.3) is 11.0 Å². The number of hydrogen-bond acceptors (Lipinski definition) is 6. The number of H-pyrrole nitrogens is 1. The van der Waals surface area contributed by atoms with Gasteiger partial charge in [-0.3, -0.25) is 9.59 Å². The van der Waals surface area contributed by atoms with Gasteiger partial charge < -0.3 is 14.7 Å². The largest absolute Gasteiger partial charge is 0.467 e. The standard InChI is InChI=1S/C17H18N4O3S/c1-9-7-10(2)18-15-14(9)16(23)21-17(20-15)25-8-13(22)19-11(3)12-5-4-6-24-12/h4-7,11H,8H2,1-3H3,(H,19,22)(H,18,20,21,23). The summed E-state index contributed by atoms with van der Waals surface area (Å²) >= 11 is 1.16. The Labute approximate surface area is 148 Å². The van der Waals surface area contributed by atoms with E-state index in [4.69, 9.17) is 4.42 Å². The Morgan fingerprint density at radius 2 is 2.20 bits per heavy atom. The summed E-state index contributed by atoms with van der Waals surface area (Å²) in [7, 11) is 0. The molecule has 3 heterocycles. The molecule has 3 aromatic rings. The van der Waals surface area contributed by atoms with Crippen LogP contribution in [0.2, 0.25) is 0 Å². The second-order valence-electron chi connectivity index (χ2n) is 5.74. The Morgan fingerprint density at radius 3 is 2.92 bits per heavy atom. The van der Waals surface area contributed by atoms with Crippen molar-refractivity contribution in [3.8, 4) is 0 Å². The molecule has 8 heteroatoms. The predicted molar refractivity (Wildman–Crippen MR) is 95.6 cm³/mol. The molecule has 0 saturated heterocycles. The smallest absolute Gasteiger partial charge is 0.261 e. The van der Waals surface area contributed by atoms with E-state index < -0.39 is 0 Å². The highest BCUT2D eigenvalue weighted by Gasteiger charge is 2.14. The number of aromatic amines is 1. The third kappa shape index (κ3) is 3.90. The molecule has 0 aliphatic heterocycles. The molecule has 0 aliphatic carbocycles. The van der Waals surface area contributed by atoms with Crippen molar-refractivity contribution < 1.29 is 9.21 Å². The summed E-state index contributed by atoms with van der Waals surface area (Å²) in [4.78, 5) is 35.7. The highest BCUT2D eigenvalue weighted by atomic mass is 32.2. The zero-order valence-corrected chi connectivity index (χ0v) is 14.9. The van der Waals surface area contributed by atoms with E-state index in [9.17, 15) is 9.59 Å². The average Bonchev–Trinajstić information content (AvgIpc) is 3.06. The van der Waals surface area contributed by atoms with Crippen LogP contribution in [-0.2, 0) is 4.79 Å². The average molecular weight is 358 g/mol. The number of pyridine rings is 1. The minimum atomic E-state index is -0.248. The van der Waals surface area contributed by atoms with Gasteiger partial charge >= 0.3 is 0 Å². The minimum absolute atomic E-state index is 0.129. The molecule has 1 amide bonds. The quantitative estimate of drug-likeness (QED) is 0.537. The van der Waals surface area contributed by atoms with Gasteiger partial charge in [-0.1, -0.05) is 11.8 Å². The number of furan rings is 1. The molecular weight excluding hydrogens is 340 g/mol. The number of nitrogens with zero attached hydrogens (tertiary/aromatic N) is 2. The molecule has 3 aromatic heterocycles. The van der Waals surface area contributed by atoms with Gasteiger partial charge in [0.1, 0.15) is 5.76 Å². The number of carbonyl (C=O) groups is 1. The molecule has 0 saturated carbocycles. The zero-order valence-electron chi connectivity index (χ0n) is 14.1. The van der Waals surface area contributed by atoms with E-state index in [2.05, 4.69) is 20.3 Å². The van der Waals surface area contributed by atoms with E-state index >= 15 is 0 Å². The first-order chi connectivity index (χ1) is 11.9. The maximum absolute atomic E-state index is 12.2. The van der Waals surface area contributed by atoms with Crippen LogP contribution in [0.15, 0.2) is 38.8 Å². The summed E-state index contributed by atoms with van der Waals surface area (Å²) in [6, 6.07) is 5.19. The first-order valence-electron chi connectivity index (χ1n) is 7.78. The molecule has 7 nitrogen and oxygen atoms in total. The third-order valence-corrected chi connectivity index (χ3v) is 4.54. The summed E-state index contributed by atoms with van der Waals surface area (Å²) < 4.78 is 5.26. The molecular formula is C17H18N4O3S. The van der Waals surface area contributed by atoms with Crippen molar-refractivity contribution in [2.75, 3.05) is 5.75 Å². The van der Waals surface area contributed by atoms with E-state index in [0.717, 1.165) is 23.0 Å². The van der Waals surface area contributed by atoms with E-state index in [1.165, 1.54) is 0 Å². The fourth-order valence-electron chi connectivity index (χ4n) is 2.56. The van der Waals surface area contributed by atoms with E-state index in [1.807, 2.05) is 26.8 Å². The number of aromatic nitrogens is 3. The first kappa shape index (κ1) is 17.2. The van der Waals surface area contributed by atoms with Gasteiger partial charge in [0.05, 0.1) is 23.4 Å². The maximum atomic E-state index is 12.2. The molecule has 2 N–H and O–H groups in total. The van der Waals surface area contributed by atoms with Gasteiger partial charge in [0.25, 0.3) is 5.56 Å². The normalized spacial score (nSPS) is 12.3. The number of nitrogens with one attached hydrogen (secondary N) is 2. The van der Waals surface area contributed by atoms with E-state index in [-0.39, 0.29) is 23.3 Å². The fourth-order valence-corrected chi connectivity index (χ4v) is 3.22. The van der Waals surface area contributed by atoms with E-state index in [1.54, 1.807) is 18.4 Å². The molecule has 1 atom stereocenters. The van der Waals surface area contributed by atoms with Crippen molar-refractivity contribution in [1.29, 1.82) is 0 Å². The van der Waals surface area contributed by atoms with Crippen LogP contribution in [0.5, 0.6) is 0 Å². The molecule has 0 aromatic carbocycles. The fraction of sp³-hybridized carbons (Fsp3) is 0.294. The van der Waals surface area contributed by atoms with Gasteiger partial charge in [-0.15, -0.1) is 0 Å². The van der Waals surface area contributed by atoms with Crippen LogP contribution in [0, 0.1) is 13.8 Å². The van der Waals surface area contributed by atoms with E-state index in [0.29, 0.717) is 22.0 Å². The SMILES string of the molecule is Cc1cc(C)c2c(=O)[nH]c(SCC(=O)NC(C)c3ccco3)nc2n1. The number of aryl methyl sites for hydroxylation is 2.